The lowest BCUT2D eigenvalue weighted by Crippen LogP contribution is -3.13. The number of nitrogens with one attached hydrogen (secondary N) is 1. The van der Waals surface area contributed by atoms with Gasteiger partial charge in [0.1, 0.15) is 17.9 Å². The quantitative estimate of drug-likeness (QED) is 0.412. The molecule has 198 valence electrons. The molecule has 0 unspecified atom stereocenters. The van der Waals surface area contributed by atoms with Crippen LogP contribution in [-0.4, -0.2) is 37.6 Å². The van der Waals surface area contributed by atoms with E-state index in [1.807, 2.05) is 30.3 Å². The molecule has 5 rings (SSSR count). The SMILES string of the molecule is CCN1CC[NH+](Cc2c([O-])ccc3c(=O)c(Oc4ccc(-c5ccccc5)cc4)c(C(F)(F)F)oc23)CC1. The van der Waals surface area contributed by atoms with Gasteiger partial charge < -0.3 is 19.2 Å². The van der Waals surface area contributed by atoms with Crippen molar-refractivity contribution in [2.24, 2.45) is 0 Å². The monoisotopic (exact) mass is 524 g/mol. The highest BCUT2D eigenvalue weighted by Gasteiger charge is 2.41. The molecule has 0 spiro atoms. The fourth-order valence-electron chi connectivity index (χ4n) is 4.80. The van der Waals surface area contributed by atoms with Gasteiger partial charge >= 0.3 is 6.18 Å². The van der Waals surface area contributed by atoms with E-state index in [-0.39, 0.29) is 28.8 Å². The molecule has 6 nitrogen and oxygen atoms in total. The fraction of sp³-hybridized carbons (Fsp3) is 0.276. The lowest BCUT2D eigenvalue weighted by atomic mass is 10.1. The van der Waals surface area contributed by atoms with Crippen LogP contribution in [0, 0.1) is 0 Å². The number of halogens is 3. The highest BCUT2D eigenvalue weighted by atomic mass is 19.4. The molecular weight excluding hydrogens is 497 g/mol. The fourth-order valence-corrected chi connectivity index (χ4v) is 4.80. The summed E-state index contributed by atoms with van der Waals surface area (Å²) < 4.78 is 53.2. The first kappa shape index (κ1) is 25.8. The molecule has 0 radical (unpaired) electrons. The second-order valence-corrected chi connectivity index (χ2v) is 9.36. The van der Waals surface area contributed by atoms with Crippen molar-refractivity contribution in [3.8, 4) is 28.4 Å². The van der Waals surface area contributed by atoms with Crippen LogP contribution >= 0.6 is 0 Å². The van der Waals surface area contributed by atoms with E-state index < -0.39 is 28.9 Å². The molecule has 1 aliphatic rings. The summed E-state index contributed by atoms with van der Waals surface area (Å²) in [5.74, 6) is -2.91. The van der Waals surface area contributed by atoms with E-state index in [1.165, 1.54) is 24.3 Å². The zero-order valence-corrected chi connectivity index (χ0v) is 20.8. The summed E-state index contributed by atoms with van der Waals surface area (Å²) in [6, 6.07) is 18.3. The lowest BCUT2D eigenvalue weighted by Gasteiger charge is -2.32. The number of ether oxygens (including phenoxy) is 1. The molecular formula is C29H27F3N2O4. The molecule has 0 amide bonds. The van der Waals surface area contributed by atoms with E-state index in [0.717, 1.165) is 48.8 Å². The van der Waals surface area contributed by atoms with Gasteiger partial charge in [-0.2, -0.15) is 13.2 Å². The van der Waals surface area contributed by atoms with Crippen LogP contribution < -0.4 is 20.2 Å². The Morgan fingerprint density at radius 3 is 2.26 bits per heavy atom. The minimum Gasteiger partial charge on any atom is -0.872 e. The van der Waals surface area contributed by atoms with Crippen LogP contribution in [0.15, 0.2) is 75.9 Å². The third-order valence-electron chi connectivity index (χ3n) is 6.95. The number of nitrogens with zero attached hydrogens (tertiary/aromatic N) is 1. The molecule has 0 aliphatic carbocycles. The van der Waals surface area contributed by atoms with Gasteiger partial charge in [-0.1, -0.05) is 61.2 Å². The maximum absolute atomic E-state index is 14.1. The molecule has 1 N–H and O–H groups in total. The smallest absolute Gasteiger partial charge is 0.453 e. The summed E-state index contributed by atoms with van der Waals surface area (Å²) in [6.45, 7) is 6.27. The summed E-state index contributed by atoms with van der Waals surface area (Å²) >= 11 is 0. The van der Waals surface area contributed by atoms with Crippen molar-refractivity contribution >= 4 is 11.0 Å². The Morgan fingerprint density at radius 2 is 1.63 bits per heavy atom. The Labute approximate surface area is 217 Å². The molecule has 1 saturated heterocycles. The molecule has 4 aromatic rings. The number of piperazine rings is 1. The van der Waals surface area contributed by atoms with Gasteiger partial charge in [0.2, 0.25) is 11.2 Å². The number of quaternary nitrogens is 1. The number of hydrogen-bond acceptors (Lipinski definition) is 5. The molecule has 0 atom stereocenters. The van der Waals surface area contributed by atoms with Gasteiger partial charge in [0.05, 0.1) is 18.5 Å². The van der Waals surface area contributed by atoms with Gasteiger partial charge in [0.15, 0.2) is 0 Å². The van der Waals surface area contributed by atoms with Gasteiger partial charge in [0, 0.05) is 18.7 Å². The van der Waals surface area contributed by atoms with E-state index in [0.29, 0.717) is 0 Å². The first-order chi connectivity index (χ1) is 18.2. The van der Waals surface area contributed by atoms with Gasteiger partial charge in [-0.3, -0.25) is 9.69 Å². The molecule has 3 aromatic carbocycles. The van der Waals surface area contributed by atoms with Crippen LogP contribution in [0.1, 0.15) is 18.2 Å². The summed E-state index contributed by atoms with van der Waals surface area (Å²) in [7, 11) is 0. The standard InChI is InChI=1S/C29H27F3N2O4/c1-2-33-14-16-34(17-15-33)18-23-24(35)13-12-22-25(36)27(28(29(30,31)32)38-26(22)23)37-21-10-8-20(9-11-21)19-6-4-3-5-7-19/h3-13,35H,2,14-18H2,1H3. The van der Waals surface area contributed by atoms with Crippen molar-refractivity contribution in [3.63, 3.8) is 0 Å². The van der Waals surface area contributed by atoms with Crippen LogP contribution in [0.3, 0.4) is 0 Å². The molecule has 9 heteroatoms. The number of fused-ring (bicyclic) bond motifs is 1. The molecule has 38 heavy (non-hydrogen) atoms. The zero-order valence-electron chi connectivity index (χ0n) is 20.8. The van der Waals surface area contributed by atoms with Gasteiger partial charge in [-0.05, 0) is 35.9 Å². The molecule has 1 aromatic heterocycles. The van der Waals surface area contributed by atoms with Crippen molar-refractivity contribution in [2.75, 3.05) is 32.7 Å². The predicted molar refractivity (Wildman–Crippen MR) is 135 cm³/mol. The summed E-state index contributed by atoms with van der Waals surface area (Å²) in [4.78, 5) is 16.6. The van der Waals surface area contributed by atoms with Crippen molar-refractivity contribution < 1.29 is 32.3 Å². The maximum atomic E-state index is 14.1. The first-order valence-electron chi connectivity index (χ1n) is 12.5. The molecule has 1 fully saturated rings. The van der Waals surface area contributed by atoms with E-state index in [4.69, 9.17) is 9.15 Å². The second kappa shape index (κ2) is 10.5. The van der Waals surface area contributed by atoms with Crippen molar-refractivity contribution in [1.29, 1.82) is 0 Å². The van der Waals surface area contributed by atoms with Crippen LogP contribution in [-0.2, 0) is 12.7 Å². The Balaban J connectivity index is 1.52. The number of benzene rings is 3. The average molecular weight is 525 g/mol. The Morgan fingerprint density at radius 1 is 0.974 bits per heavy atom. The highest BCUT2D eigenvalue weighted by molar-refractivity contribution is 5.83. The summed E-state index contributed by atoms with van der Waals surface area (Å²) in [6.07, 6.45) is -5.01. The number of likely N-dealkylation sites (N-methyl/N-ethyl adjacent to an activating group) is 1. The third kappa shape index (κ3) is 5.25. The maximum Gasteiger partial charge on any atom is 0.453 e. The van der Waals surface area contributed by atoms with Gasteiger partial charge in [-0.15, -0.1) is 0 Å². The lowest BCUT2D eigenvalue weighted by molar-refractivity contribution is -0.918. The number of rotatable bonds is 6. The Kier molecular flexibility index (Phi) is 7.14. The van der Waals surface area contributed by atoms with E-state index in [9.17, 15) is 23.1 Å². The molecule has 0 bridgehead atoms. The van der Waals surface area contributed by atoms with Crippen molar-refractivity contribution in [1.82, 2.24) is 4.90 Å². The second-order valence-electron chi connectivity index (χ2n) is 9.36. The molecule has 2 heterocycles. The first-order valence-corrected chi connectivity index (χ1v) is 12.5. The van der Waals surface area contributed by atoms with Crippen molar-refractivity contribution in [3.05, 3.63) is 88.3 Å². The Hall–Kier alpha value is -3.82. The van der Waals surface area contributed by atoms with Gasteiger partial charge in [-0.25, -0.2) is 0 Å². The largest absolute Gasteiger partial charge is 0.872 e. The normalized spacial score (nSPS) is 15.2. The van der Waals surface area contributed by atoms with Crippen LogP contribution in [0.25, 0.3) is 22.1 Å². The summed E-state index contributed by atoms with van der Waals surface area (Å²) in [5.41, 5.74) is 0.544. The molecule has 0 saturated carbocycles. The minimum atomic E-state index is -5.01. The zero-order chi connectivity index (χ0) is 26.9. The summed E-state index contributed by atoms with van der Waals surface area (Å²) in [5, 5.41) is 12.6. The highest BCUT2D eigenvalue weighted by Crippen LogP contribution is 2.39. The van der Waals surface area contributed by atoms with Crippen LogP contribution in [0.5, 0.6) is 17.2 Å². The van der Waals surface area contributed by atoms with Crippen LogP contribution in [0.4, 0.5) is 13.2 Å². The molecule has 1 aliphatic heterocycles. The Bertz CT molecular complexity index is 1480. The number of hydrogen-bond donors (Lipinski definition) is 1. The van der Waals surface area contributed by atoms with Crippen LogP contribution in [0.2, 0.25) is 0 Å². The van der Waals surface area contributed by atoms with E-state index in [2.05, 4.69) is 11.8 Å². The van der Waals surface area contributed by atoms with E-state index in [1.54, 1.807) is 12.1 Å². The predicted octanol–water partition coefficient (Wildman–Crippen LogP) is 4.07. The van der Waals surface area contributed by atoms with E-state index >= 15 is 0 Å². The number of alkyl halides is 3. The topological polar surface area (TPSA) is 70.2 Å². The average Bonchev–Trinajstić information content (AvgIpc) is 2.92. The minimum absolute atomic E-state index is 0.0562. The third-order valence-corrected chi connectivity index (χ3v) is 6.95. The van der Waals surface area contributed by atoms with Crippen molar-refractivity contribution in [2.45, 2.75) is 19.6 Å². The van der Waals surface area contributed by atoms with Gasteiger partial charge in [0.25, 0.3) is 5.76 Å².